The molecule has 2 aromatic heterocycles. The van der Waals surface area contributed by atoms with Crippen LogP contribution in [0.2, 0.25) is 10.0 Å². The van der Waals surface area contributed by atoms with Gasteiger partial charge in [-0.25, -0.2) is 14.4 Å². The summed E-state index contributed by atoms with van der Waals surface area (Å²) in [7, 11) is 0. The zero-order valence-electron chi connectivity index (χ0n) is 19.2. The topological polar surface area (TPSA) is 96.7 Å². The number of rotatable bonds is 6. The highest BCUT2D eigenvalue weighted by molar-refractivity contribution is 6.39. The van der Waals surface area contributed by atoms with E-state index in [1.54, 1.807) is 36.4 Å². The van der Waals surface area contributed by atoms with E-state index in [0.717, 1.165) is 0 Å². The van der Waals surface area contributed by atoms with E-state index in [1.165, 1.54) is 18.2 Å². The van der Waals surface area contributed by atoms with Crippen LogP contribution >= 0.6 is 23.2 Å². The molecule has 4 aromatic rings. The van der Waals surface area contributed by atoms with Gasteiger partial charge in [-0.1, -0.05) is 50.0 Å². The SMILES string of the molecule is CC(C)(C)CNc1nc(-c2[nH]c(-c3c(Cl)cccc3Cl)nc2-c2ccc(F)cc2)ccc1[N+](=O)[O-]. The Morgan fingerprint density at radius 2 is 1.69 bits per heavy atom. The highest BCUT2D eigenvalue weighted by Gasteiger charge is 2.23. The van der Waals surface area contributed by atoms with E-state index in [1.807, 2.05) is 20.8 Å². The molecule has 0 aliphatic carbocycles. The van der Waals surface area contributed by atoms with E-state index in [2.05, 4.69) is 15.3 Å². The molecule has 0 saturated heterocycles. The maximum absolute atomic E-state index is 13.6. The molecular weight excluding hydrogens is 492 g/mol. The molecule has 0 aliphatic heterocycles. The molecule has 0 spiro atoms. The number of H-pyrrole nitrogens is 1. The second-order valence-corrected chi connectivity index (χ2v) is 9.96. The van der Waals surface area contributed by atoms with E-state index in [0.29, 0.717) is 50.6 Å². The van der Waals surface area contributed by atoms with Gasteiger partial charge in [-0.3, -0.25) is 10.1 Å². The third-order valence-electron chi connectivity index (χ3n) is 5.13. The van der Waals surface area contributed by atoms with Crippen molar-refractivity contribution in [2.24, 2.45) is 5.41 Å². The number of aromatic nitrogens is 3. The Labute approximate surface area is 211 Å². The number of imidazole rings is 1. The molecule has 2 heterocycles. The van der Waals surface area contributed by atoms with Crippen LogP contribution in [0.15, 0.2) is 54.6 Å². The third-order valence-corrected chi connectivity index (χ3v) is 5.76. The first-order valence-corrected chi connectivity index (χ1v) is 11.5. The number of hydrogen-bond donors (Lipinski definition) is 2. The molecular formula is C25H22Cl2FN5O2. The molecule has 7 nitrogen and oxygen atoms in total. The Hall–Kier alpha value is -3.49. The van der Waals surface area contributed by atoms with Crippen molar-refractivity contribution in [3.63, 3.8) is 0 Å². The molecule has 0 radical (unpaired) electrons. The summed E-state index contributed by atoms with van der Waals surface area (Å²) < 4.78 is 13.6. The van der Waals surface area contributed by atoms with Crippen LogP contribution in [0.3, 0.4) is 0 Å². The van der Waals surface area contributed by atoms with Crippen molar-refractivity contribution < 1.29 is 9.31 Å². The smallest absolute Gasteiger partial charge is 0.311 e. The molecule has 0 unspecified atom stereocenters. The average molecular weight is 514 g/mol. The van der Waals surface area contributed by atoms with Gasteiger partial charge in [0, 0.05) is 18.2 Å². The summed E-state index contributed by atoms with van der Waals surface area (Å²) >= 11 is 12.8. The molecule has 0 atom stereocenters. The van der Waals surface area contributed by atoms with Gasteiger partial charge >= 0.3 is 5.69 Å². The maximum atomic E-state index is 13.6. The van der Waals surface area contributed by atoms with Crippen molar-refractivity contribution in [1.29, 1.82) is 0 Å². The van der Waals surface area contributed by atoms with Gasteiger partial charge in [0.15, 0.2) is 0 Å². The molecule has 10 heteroatoms. The van der Waals surface area contributed by atoms with Crippen LogP contribution in [0.1, 0.15) is 20.8 Å². The first-order chi connectivity index (χ1) is 16.5. The fourth-order valence-corrected chi connectivity index (χ4v) is 4.01. The van der Waals surface area contributed by atoms with Crippen LogP contribution in [-0.2, 0) is 0 Å². The number of pyridine rings is 1. The molecule has 0 aliphatic rings. The largest absolute Gasteiger partial charge is 0.364 e. The summed E-state index contributed by atoms with van der Waals surface area (Å²) in [6.07, 6.45) is 0. The third kappa shape index (κ3) is 5.44. The Bertz CT molecular complexity index is 1380. The van der Waals surface area contributed by atoms with E-state index >= 15 is 0 Å². The summed E-state index contributed by atoms with van der Waals surface area (Å²) in [5.74, 6) is 0.140. The zero-order valence-corrected chi connectivity index (χ0v) is 20.7. The lowest BCUT2D eigenvalue weighted by Gasteiger charge is -2.19. The number of nitro groups is 1. The van der Waals surface area contributed by atoms with Gasteiger partial charge in [0.25, 0.3) is 0 Å². The number of anilines is 1. The molecule has 2 aromatic carbocycles. The highest BCUT2D eigenvalue weighted by Crippen LogP contribution is 2.38. The summed E-state index contributed by atoms with van der Waals surface area (Å²) in [6.45, 7) is 6.50. The standard InChI is InChI=1S/C25H22Cl2FN5O2/c1-25(2,3)13-29-23-19(33(34)35)12-11-18(30-23)22-21(14-7-9-15(28)10-8-14)31-24(32-22)20-16(26)5-4-6-17(20)27/h4-12H,13H2,1-3H3,(H,29,30)(H,31,32). The fraction of sp³-hybridized carbons (Fsp3) is 0.200. The van der Waals surface area contributed by atoms with Gasteiger partial charge in [0.05, 0.1) is 37.6 Å². The lowest BCUT2D eigenvalue weighted by molar-refractivity contribution is -0.384. The normalized spacial score (nSPS) is 11.5. The Kier molecular flexibility index (Phi) is 6.78. The average Bonchev–Trinajstić information content (AvgIpc) is 3.22. The van der Waals surface area contributed by atoms with Crippen LogP contribution in [0.5, 0.6) is 0 Å². The summed E-state index contributed by atoms with van der Waals surface area (Å²) in [5.41, 5.74) is 2.21. The quantitative estimate of drug-likeness (QED) is 0.204. The summed E-state index contributed by atoms with van der Waals surface area (Å²) in [6, 6.07) is 13.9. The lowest BCUT2D eigenvalue weighted by atomic mass is 9.97. The predicted octanol–water partition coefficient (Wildman–Crippen LogP) is 7.62. The Morgan fingerprint density at radius 1 is 1.03 bits per heavy atom. The minimum absolute atomic E-state index is 0.132. The van der Waals surface area contributed by atoms with Crippen molar-refractivity contribution in [3.05, 3.63) is 80.6 Å². The number of benzene rings is 2. The van der Waals surface area contributed by atoms with Crippen LogP contribution in [0.25, 0.3) is 34.0 Å². The van der Waals surface area contributed by atoms with E-state index < -0.39 is 4.92 Å². The first-order valence-electron chi connectivity index (χ1n) is 10.7. The fourth-order valence-electron chi connectivity index (χ4n) is 3.44. The predicted molar refractivity (Wildman–Crippen MR) is 137 cm³/mol. The van der Waals surface area contributed by atoms with Gasteiger partial charge < -0.3 is 10.3 Å². The molecule has 0 fully saturated rings. The molecule has 2 N–H and O–H groups in total. The second kappa shape index (κ2) is 9.64. The minimum Gasteiger partial charge on any atom is -0.364 e. The van der Waals surface area contributed by atoms with Gasteiger partial charge in [-0.2, -0.15) is 0 Å². The van der Waals surface area contributed by atoms with Crippen molar-refractivity contribution >= 4 is 34.7 Å². The monoisotopic (exact) mass is 513 g/mol. The van der Waals surface area contributed by atoms with Gasteiger partial charge in [-0.05, 0) is 47.9 Å². The van der Waals surface area contributed by atoms with E-state index in [4.69, 9.17) is 28.2 Å². The van der Waals surface area contributed by atoms with Gasteiger partial charge in [-0.15, -0.1) is 0 Å². The first kappa shape index (κ1) is 24.6. The Balaban J connectivity index is 1.90. The van der Waals surface area contributed by atoms with Crippen molar-refractivity contribution in [3.8, 4) is 34.0 Å². The van der Waals surface area contributed by atoms with Crippen molar-refractivity contribution in [2.45, 2.75) is 20.8 Å². The maximum Gasteiger partial charge on any atom is 0.311 e. The van der Waals surface area contributed by atoms with Crippen LogP contribution in [-0.4, -0.2) is 26.4 Å². The summed E-state index contributed by atoms with van der Waals surface area (Å²) in [4.78, 5) is 23.6. The van der Waals surface area contributed by atoms with Crippen molar-refractivity contribution in [2.75, 3.05) is 11.9 Å². The van der Waals surface area contributed by atoms with Crippen LogP contribution in [0.4, 0.5) is 15.9 Å². The molecule has 35 heavy (non-hydrogen) atoms. The number of hydrogen-bond acceptors (Lipinski definition) is 5. The number of aromatic amines is 1. The van der Waals surface area contributed by atoms with Gasteiger partial charge in [0.1, 0.15) is 11.6 Å². The zero-order chi connectivity index (χ0) is 25.3. The molecule has 180 valence electrons. The highest BCUT2D eigenvalue weighted by atomic mass is 35.5. The molecule has 0 bridgehead atoms. The number of nitrogens with one attached hydrogen (secondary N) is 2. The molecule has 0 saturated carbocycles. The molecule has 4 rings (SSSR count). The van der Waals surface area contributed by atoms with Crippen LogP contribution < -0.4 is 5.32 Å². The molecule has 0 amide bonds. The number of halogens is 3. The van der Waals surface area contributed by atoms with Gasteiger partial charge in [0.2, 0.25) is 5.82 Å². The number of nitrogens with zero attached hydrogens (tertiary/aromatic N) is 3. The van der Waals surface area contributed by atoms with E-state index in [-0.39, 0.29) is 22.7 Å². The second-order valence-electron chi connectivity index (χ2n) is 9.15. The van der Waals surface area contributed by atoms with Crippen molar-refractivity contribution in [1.82, 2.24) is 15.0 Å². The minimum atomic E-state index is -0.482. The van der Waals surface area contributed by atoms with E-state index in [9.17, 15) is 14.5 Å². The summed E-state index contributed by atoms with van der Waals surface area (Å²) in [5, 5.41) is 15.5. The lowest BCUT2D eigenvalue weighted by Crippen LogP contribution is -2.20. The van der Waals surface area contributed by atoms with Crippen LogP contribution in [0, 0.1) is 21.3 Å². The Morgan fingerprint density at radius 3 is 2.29 bits per heavy atom.